The highest BCUT2D eigenvalue weighted by atomic mass is 32.2. The largest absolute Gasteiger partial charge is 0.495 e. The maximum Gasteiger partial charge on any atom is 0.414 e. The molecule has 0 unspecified atom stereocenters. The van der Waals surface area contributed by atoms with E-state index in [-0.39, 0.29) is 10.8 Å². The number of benzene rings is 1. The quantitative estimate of drug-likeness (QED) is 0.508. The van der Waals surface area contributed by atoms with Gasteiger partial charge in [-0.15, -0.1) is 0 Å². The number of rotatable bonds is 6. The molecule has 2 aliphatic rings. The average Bonchev–Trinajstić information content (AvgIpc) is 2.80. The Hall–Kier alpha value is -2.70. The first-order chi connectivity index (χ1) is 15.6. The van der Waals surface area contributed by atoms with Gasteiger partial charge in [0, 0.05) is 18.8 Å². The van der Waals surface area contributed by atoms with Gasteiger partial charge in [-0.1, -0.05) is 12.8 Å². The van der Waals surface area contributed by atoms with Crippen LogP contribution in [0.3, 0.4) is 0 Å². The van der Waals surface area contributed by atoms with Crippen molar-refractivity contribution in [3.05, 3.63) is 18.2 Å². The van der Waals surface area contributed by atoms with Gasteiger partial charge in [0.25, 0.3) is 0 Å². The van der Waals surface area contributed by atoms with Crippen LogP contribution in [0.4, 0.5) is 5.69 Å². The zero-order chi connectivity index (χ0) is 24.4. The maximum absolute atomic E-state index is 13.0. The number of carboxylic acids is 2. The van der Waals surface area contributed by atoms with Gasteiger partial charge in [-0.05, 0) is 57.0 Å². The molecule has 2 heterocycles. The fourth-order valence-electron chi connectivity index (χ4n) is 3.72. The summed E-state index contributed by atoms with van der Waals surface area (Å²) in [6, 6.07) is 4.80. The fraction of sp³-hybridized carbons (Fsp3) is 0.571. The van der Waals surface area contributed by atoms with Crippen LogP contribution in [-0.4, -0.2) is 85.5 Å². The summed E-state index contributed by atoms with van der Waals surface area (Å²) in [4.78, 5) is 32.8. The number of carboxylic acid groups (broad SMARTS) is 2. The standard InChI is InChI=1S/C19H29N3O4S.C2H2O4/c1-26-17-9-8-16(20-19(23)15-21-10-4-2-5-11-21)14-18(17)27(24,25)22-12-6-3-7-13-22;3-1(4)2(5)6/h8-9,14H,2-7,10-13,15H2,1H3,(H,20,23);(H,3,4)(H,5,6). The van der Waals surface area contributed by atoms with Crippen molar-refractivity contribution in [2.24, 2.45) is 0 Å². The minimum atomic E-state index is -3.64. The predicted molar refractivity (Wildman–Crippen MR) is 120 cm³/mol. The average molecular weight is 486 g/mol. The molecule has 0 radical (unpaired) electrons. The Labute approximate surface area is 193 Å². The van der Waals surface area contributed by atoms with Gasteiger partial charge in [-0.3, -0.25) is 9.69 Å². The van der Waals surface area contributed by atoms with Crippen molar-refractivity contribution in [2.45, 2.75) is 43.4 Å². The van der Waals surface area contributed by atoms with Crippen LogP contribution in [-0.2, 0) is 24.4 Å². The van der Waals surface area contributed by atoms with Gasteiger partial charge >= 0.3 is 11.9 Å². The van der Waals surface area contributed by atoms with E-state index < -0.39 is 22.0 Å². The molecule has 3 rings (SSSR count). The molecule has 2 aliphatic heterocycles. The minimum Gasteiger partial charge on any atom is -0.495 e. The molecule has 0 aliphatic carbocycles. The number of aliphatic carboxylic acids is 2. The second-order valence-corrected chi connectivity index (χ2v) is 9.73. The highest BCUT2D eigenvalue weighted by Gasteiger charge is 2.29. The summed E-state index contributed by atoms with van der Waals surface area (Å²) in [5.74, 6) is -3.47. The Morgan fingerprint density at radius 2 is 1.48 bits per heavy atom. The van der Waals surface area contributed by atoms with E-state index in [1.165, 1.54) is 23.9 Å². The van der Waals surface area contributed by atoms with Crippen molar-refractivity contribution in [2.75, 3.05) is 45.2 Å². The summed E-state index contributed by atoms with van der Waals surface area (Å²) in [5.41, 5.74) is 0.480. The number of carbonyl (C=O) groups excluding carboxylic acids is 1. The van der Waals surface area contributed by atoms with Crippen LogP contribution in [0.15, 0.2) is 23.1 Å². The maximum atomic E-state index is 13.0. The van der Waals surface area contributed by atoms with Crippen LogP contribution in [0.25, 0.3) is 0 Å². The second-order valence-electron chi connectivity index (χ2n) is 7.83. The van der Waals surface area contributed by atoms with Gasteiger partial charge in [0.05, 0.1) is 13.7 Å². The molecule has 184 valence electrons. The smallest absolute Gasteiger partial charge is 0.414 e. The van der Waals surface area contributed by atoms with E-state index in [2.05, 4.69) is 10.2 Å². The molecule has 11 nitrogen and oxygen atoms in total. The molecule has 1 amide bonds. The molecule has 0 spiro atoms. The van der Waals surface area contributed by atoms with Gasteiger partial charge in [0.15, 0.2) is 0 Å². The van der Waals surface area contributed by atoms with Gasteiger partial charge in [0.2, 0.25) is 15.9 Å². The third-order valence-corrected chi connectivity index (χ3v) is 7.30. The lowest BCUT2D eigenvalue weighted by atomic mass is 10.1. The zero-order valence-corrected chi connectivity index (χ0v) is 19.5. The molecular formula is C21H31N3O8S. The number of anilines is 1. The van der Waals surface area contributed by atoms with E-state index in [0.29, 0.717) is 31.1 Å². The van der Waals surface area contributed by atoms with Crippen LogP contribution >= 0.6 is 0 Å². The SMILES string of the molecule is COc1ccc(NC(=O)CN2CCCCC2)cc1S(=O)(=O)N1CCCCC1.O=C(O)C(=O)O. The van der Waals surface area contributed by atoms with Gasteiger partial charge in [-0.2, -0.15) is 4.31 Å². The highest BCUT2D eigenvalue weighted by Crippen LogP contribution is 2.31. The van der Waals surface area contributed by atoms with Gasteiger partial charge < -0.3 is 20.3 Å². The van der Waals surface area contributed by atoms with Crippen LogP contribution in [0.2, 0.25) is 0 Å². The van der Waals surface area contributed by atoms with Crippen molar-refractivity contribution in [3.63, 3.8) is 0 Å². The van der Waals surface area contributed by atoms with E-state index in [1.54, 1.807) is 12.1 Å². The lowest BCUT2D eigenvalue weighted by molar-refractivity contribution is -0.159. The highest BCUT2D eigenvalue weighted by molar-refractivity contribution is 7.89. The lowest BCUT2D eigenvalue weighted by Gasteiger charge is -2.27. The first kappa shape index (κ1) is 26.6. The van der Waals surface area contributed by atoms with Crippen molar-refractivity contribution < 1.29 is 37.8 Å². The minimum absolute atomic E-state index is 0.114. The Morgan fingerprint density at radius 3 is 2.00 bits per heavy atom. The molecule has 1 aromatic carbocycles. The van der Waals surface area contributed by atoms with Crippen LogP contribution in [0.1, 0.15) is 38.5 Å². The molecule has 33 heavy (non-hydrogen) atoms. The Balaban J connectivity index is 0.000000569. The Bertz CT molecular complexity index is 927. The predicted octanol–water partition coefficient (Wildman–Crippen LogP) is 1.45. The molecule has 2 fully saturated rings. The number of likely N-dealkylation sites (tertiary alicyclic amines) is 1. The first-order valence-electron chi connectivity index (χ1n) is 10.8. The molecule has 2 saturated heterocycles. The summed E-state index contributed by atoms with van der Waals surface area (Å²) in [6.07, 6.45) is 6.24. The van der Waals surface area contributed by atoms with E-state index in [1.807, 2.05) is 0 Å². The number of hydrogen-bond donors (Lipinski definition) is 3. The van der Waals surface area contributed by atoms with E-state index in [0.717, 1.165) is 45.2 Å². The summed E-state index contributed by atoms with van der Waals surface area (Å²) in [5, 5.41) is 17.6. The molecular weight excluding hydrogens is 454 g/mol. The van der Waals surface area contributed by atoms with E-state index in [9.17, 15) is 13.2 Å². The van der Waals surface area contributed by atoms with E-state index in [4.69, 9.17) is 24.5 Å². The third-order valence-electron chi connectivity index (χ3n) is 5.38. The van der Waals surface area contributed by atoms with Gasteiger partial charge in [-0.25, -0.2) is 18.0 Å². The van der Waals surface area contributed by atoms with Crippen LogP contribution in [0, 0.1) is 0 Å². The molecule has 12 heteroatoms. The first-order valence-corrected chi connectivity index (χ1v) is 12.3. The Morgan fingerprint density at radius 1 is 0.939 bits per heavy atom. The zero-order valence-electron chi connectivity index (χ0n) is 18.7. The number of methoxy groups -OCH3 is 1. The fourth-order valence-corrected chi connectivity index (χ4v) is 5.42. The molecule has 0 saturated carbocycles. The van der Waals surface area contributed by atoms with Gasteiger partial charge in [0.1, 0.15) is 10.6 Å². The second kappa shape index (κ2) is 12.5. The lowest BCUT2D eigenvalue weighted by Crippen LogP contribution is -2.37. The number of ether oxygens (including phenoxy) is 1. The molecule has 0 atom stereocenters. The van der Waals surface area contributed by atoms with Crippen molar-refractivity contribution in [1.82, 2.24) is 9.21 Å². The number of hydrogen-bond acceptors (Lipinski definition) is 7. The number of piperidine rings is 2. The number of nitrogens with zero attached hydrogens (tertiary/aromatic N) is 2. The topological polar surface area (TPSA) is 154 Å². The number of nitrogens with one attached hydrogen (secondary N) is 1. The molecule has 1 aromatic rings. The molecule has 0 bridgehead atoms. The number of amides is 1. The monoisotopic (exact) mass is 485 g/mol. The number of carbonyl (C=O) groups is 3. The summed E-state index contributed by atoms with van der Waals surface area (Å²) in [6.45, 7) is 3.25. The molecule has 3 N–H and O–H groups in total. The van der Waals surface area contributed by atoms with Crippen molar-refractivity contribution in [3.8, 4) is 5.75 Å². The van der Waals surface area contributed by atoms with Crippen LogP contribution in [0.5, 0.6) is 5.75 Å². The van der Waals surface area contributed by atoms with Crippen molar-refractivity contribution >= 4 is 33.6 Å². The normalized spacial score (nSPS) is 17.4. The number of sulfonamides is 1. The van der Waals surface area contributed by atoms with E-state index >= 15 is 0 Å². The molecule has 0 aromatic heterocycles. The summed E-state index contributed by atoms with van der Waals surface area (Å²) in [7, 11) is -2.19. The Kier molecular flexibility index (Phi) is 10.1. The van der Waals surface area contributed by atoms with Crippen molar-refractivity contribution in [1.29, 1.82) is 0 Å². The van der Waals surface area contributed by atoms with Crippen LogP contribution < -0.4 is 10.1 Å². The summed E-state index contributed by atoms with van der Waals surface area (Å²) < 4.78 is 32.9. The third kappa shape index (κ3) is 7.98. The summed E-state index contributed by atoms with van der Waals surface area (Å²) >= 11 is 0.